The first-order valence-corrected chi connectivity index (χ1v) is 5.59. The summed E-state index contributed by atoms with van der Waals surface area (Å²) in [6, 6.07) is 5.57. The quantitative estimate of drug-likeness (QED) is 0.809. The number of rotatable bonds is 5. The van der Waals surface area contributed by atoms with E-state index < -0.39 is 0 Å². The molecule has 0 fully saturated rings. The zero-order chi connectivity index (χ0) is 13.0. The average Bonchev–Trinajstić information content (AvgIpc) is 2.27. The number of thiocarbonyl (C=S) groups is 1. The van der Waals surface area contributed by atoms with Gasteiger partial charge in [0, 0.05) is 0 Å². The molecule has 0 heterocycles. The number of ether oxygens (including phenoxy) is 2. The predicted molar refractivity (Wildman–Crippen MR) is 72.8 cm³/mol. The van der Waals surface area contributed by atoms with Crippen molar-refractivity contribution >= 4 is 17.2 Å². The van der Waals surface area contributed by atoms with Crippen molar-refractivity contribution in [3.63, 3.8) is 0 Å². The third-order valence-corrected chi connectivity index (χ3v) is 2.73. The zero-order valence-electron chi connectivity index (χ0n) is 10.6. The van der Waals surface area contributed by atoms with Crippen LogP contribution in [0, 0.1) is 0 Å². The average molecular weight is 254 g/mol. The summed E-state index contributed by atoms with van der Waals surface area (Å²) in [5.74, 6) is 1.37. The molecule has 0 aliphatic carbocycles. The van der Waals surface area contributed by atoms with Gasteiger partial charge in [-0.1, -0.05) is 18.3 Å². The number of hydrogen-bond acceptors (Lipinski definition) is 4. The van der Waals surface area contributed by atoms with Gasteiger partial charge in [-0.05, 0) is 31.8 Å². The number of methoxy groups -OCH3 is 2. The van der Waals surface area contributed by atoms with Crippen molar-refractivity contribution in [2.45, 2.75) is 6.04 Å². The summed E-state index contributed by atoms with van der Waals surface area (Å²) in [4.78, 5) is 2.39. The molecule has 1 unspecified atom stereocenters. The maximum atomic E-state index is 5.75. The summed E-state index contributed by atoms with van der Waals surface area (Å²) in [5.41, 5.74) is 6.74. The van der Waals surface area contributed by atoms with Gasteiger partial charge >= 0.3 is 0 Å². The van der Waals surface area contributed by atoms with E-state index in [-0.39, 0.29) is 6.04 Å². The molecule has 0 saturated carbocycles. The normalized spacial score (nSPS) is 12.3. The third kappa shape index (κ3) is 3.08. The van der Waals surface area contributed by atoms with Crippen LogP contribution in [0.25, 0.3) is 0 Å². The van der Waals surface area contributed by atoms with Crippen LogP contribution in [0.3, 0.4) is 0 Å². The lowest BCUT2D eigenvalue weighted by molar-refractivity contribution is 0.348. The predicted octanol–water partition coefficient (Wildman–Crippen LogP) is 1.59. The minimum absolute atomic E-state index is 0.107. The number of nitrogens with zero attached hydrogens (tertiary/aromatic N) is 1. The Labute approximate surface area is 107 Å². The molecule has 94 valence electrons. The highest BCUT2D eigenvalue weighted by molar-refractivity contribution is 7.80. The van der Waals surface area contributed by atoms with Crippen molar-refractivity contribution in [3.8, 4) is 11.5 Å². The maximum absolute atomic E-state index is 5.75. The van der Waals surface area contributed by atoms with Gasteiger partial charge in [0.2, 0.25) is 0 Å². The van der Waals surface area contributed by atoms with Crippen LogP contribution in [0.2, 0.25) is 0 Å². The number of hydrogen-bond donors (Lipinski definition) is 1. The SMILES string of the molecule is COc1ccc(C(C(N)=S)N(C)C)cc1OC. The Morgan fingerprint density at radius 3 is 2.24 bits per heavy atom. The second kappa shape index (κ2) is 5.84. The molecule has 0 aromatic heterocycles. The molecule has 1 rings (SSSR count). The molecule has 1 aromatic rings. The molecule has 5 heteroatoms. The van der Waals surface area contributed by atoms with Gasteiger partial charge in [0.15, 0.2) is 11.5 Å². The summed E-state index contributed by atoms with van der Waals surface area (Å²) in [6.07, 6.45) is 0. The lowest BCUT2D eigenvalue weighted by Gasteiger charge is -2.24. The molecule has 0 aliphatic rings. The molecule has 2 N–H and O–H groups in total. The van der Waals surface area contributed by atoms with E-state index in [2.05, 4.69) is 0 Å². The maximum Gasteiger partial charge on any atom is 0.161 e. The fourth-order valence-electron chi connectivity index (χ4n) is 1.74. The summed E-state index contributed by atoms with van der Waals surface area (Å²) < 4.78 is 10.4. The van der Waals surface area contributed by atoms with E-state index >= 15 is 0 Å². The standard InChI is InChI=1S/C12H18N2O2S/c1-14(2)11(12(13)17)8-5-6-9(15-3)10(7-8)16-4/h5-7,11H,1-4H3,(H2,13,17). The number of benzene rings is 1. The molecule has 1 atom stereocenters. The second-order valence-electron chi connectivity index (χ2n) is 3.88. The Bertz CT molecular complexity index is 407. The van der Waals surface area contributed by atoms with Crippen LogP contribution in [0.1, 0.15) is 11.6 Å². The Morgan fingerprint density at radius 2 is 1.82 bits per heavy atom. The van der Waals surface area contributed by atoms with Crippen molar-refractivity contribution in [2.75, 3.05) is 28.3 Å². The topological polar surface area (TPSA) is 47.7 Å². The molecule has 0 saturated heterocycles. The lowest BCUT2D eigenvalue weighted by Crippen LogP contribution is -2.31. The minimum atomic E-state index is -0.107. The largest absolute Gasteiger partial charge is 0.493 e. The molecule has 17 heavy (non-hydrogen) atoms. The number of likely N-dealkylation sites (N-methyl/N-ethyl adjacent to an activating group) is 1. The number of nitrogens with two attached hydrogens (primary N) is 1. The van der Waals surface area contributed by atoms with Crippen LogP contribution in [0.15, 0.2) is 18.2 Å². The molecule has 0 aliphatic heterocycles. The molecule has 0 radical (unpaired) electrons. The molecule has 4 nitrogen and oxygen atoms in total. The highest BCUT2D eigenvalue weighted by Gasteiger charge is 2.18. The molecule has 0 spiro atoms. The van der Waals surface area contributed by atoms with Crippen molar-refractivity contribution in [1.82, 2.24) is 4.90 Å². The van der Waals surface area contributed by atoms with Gasteiger partial charge in [0.25, 0.3) is 0 Å². The van der Waals surface area contributed by atoms with Crippen LogP contribution in [-0.4, -0.2) is 38.2 Å². The Kier molecular flexibility index (Phi) is 4.72. The molecular weight excluding hydrogens is 236 g/mol. The first-order chi connectivity index (χ1) is 8.01. The van der Waals surface area contributed by atoms with Crippen molar-refractivity contribution in [2.24, 2.45) is 5.73 Å². The van der Waals surface area contributed by atoms with E-state index in [4.69, 9.17) is 27.4 Å². The van der Waals surface area contributed by atoms with Gasteiger partial charge in [0.1, 0.15) is 0 Å². The van der Waals surface area contributed by atoms with E-state index in [1.54, 1.807) is 14.2 Å². The summed E-state index contributed by atoms with van der Waals surface area (Å²) in [5, 5.41) is 0. The van der Waals surface area contributed by atoms with E-state index in [1.807, 2.05) is 37.2 Å². The summed E-state index contributed by atoms with van der Waals surface area (Å²) >= 11 is 5.08. The van der Waals surface area contributed by atoms with Crippen molar-refractivity contribution in [3.05, 3.63) is 23.8 Å². The first kappa shape index (κ1) is 13.7. The third-order valence-electron chi connectivity index (χ3n) is 2.51. The van der Waals surface area contributed by atoms with Crippen LogP contribution >= 0.6 is 12.2 Å². The Balaban J connectivity index is 3.17. The van der Waals surface area contributed by atoms with Crippen molar-refractivity contribution in [1.29, 1.82) is 0 Å². The van der Waals surface area contributed by atoms with E-state index in [9.17, 15) is 0 Å². The van der Waals surface area contributed by atoms with Crippen LogP contribution in [-0.2, 0) is 0 Å². The van der Waals surface area contributed by atoms with Gasteiger partial charge in [0.05, 0.1) is 25.2 Å². The van der Waals surface area contributed by atoms with Gasteiger partial charge < -0.3 is 15.2 Å². The highest BCUT2D eigenvalue weighted by atomic mass is 32.1. The Morgan fingerprint density at radius 1 is 1.24 bits per heavy atom. The van der Waals surface area contributed by atoms with Crippen molar-refractivity contribution < 1.29 is 9.47 Å². The Hall–Kier alpha value is -1.33. The minimum Gasteiger partial charge on any atom is -0.493 e. The van der Waals surface area contributed by atoms with Gasteiger partial charge in [-0.3, -0.25) is 4.90 Å². The van der Waals surface area contributed by atoms with Gasteiger partial charge in [-0.15, -0.1) is 0 Å². The molecule has 0 amide bonds. The van der Waals surface area contributed by atoms with Gasteiger partial charge in [-0.25, -0.2) is 0 Å². The second-order valence-corrected chi connectivity index (χ2v) is 4.35. The summed E-state index contributed by atoms with van der Waals surface area (Å²) in [6.45, 7) is 0. The van der Waals surface area contributed by atoms with E-state index in [1.165, 1.54) is 0 Å². The van der Waals surface area contributed by atoms with E-state index in [0.29, 0.717) is 16.5 Å². The molecule has 1 aromatic carbocycles. The highest BCUT2D eigenvalue weighted by Crippen LogP contribution is 2.31. The first-order valence-electron chi connectivity index (χ1n) is 5.19. The van der Waals surface area contributed by atoms with E-state index in [0.717, 1.165) is 5.56 Å². The fraction of sp³-hybridized carbons (Fsp3) is 0.417. The van der Waals surface area contributed by atoms with Crippen LogP contribution in [0.5, 0.6) is 11.5 Å². The molecule has 0 bridgehead atoms. The fourth-order valence-corrected chi connectivity index (χ4v) is 2.09. The zero-order valence-corrected chi connectivity index (χ0v) is 11.4. The van der Waals surface area contributed by atoms with Crippen LogP contribution < -0.4 is 15.2 Å². The van der Waals surface area contributed by atoms with Crippen LogP contribution in [0.4, 0.5) is 0 Å². The molecular formula is C12H18N2O2S. The summed E-state index contributed by atoms with van der Waals surface area (Å²) in [7, 11) is 7.07. The lowest BCUT2D eigenvalue weighted by atomic mass is 10.1. The smallest absolute Gasteiger partial charge is 0.161 e. The van der Waals surface area contributed by atoms with Gasteiger partial charge in [-0.2, -0.15) is 0 Å². The monoisotopic (exact) mass is 254 g/mol.